The molecule has 0 unspecified atom stereocenters. The average molecular weight is 281 g/mol. The number of hydrogen-bond acceptors (Lipinski definition) is 4. The predicted octanol–water partition coefficient (Wildman–Crippen LogP) is 3.89. The van der Waals surface area contributed by atoms with Crippen LogP contribution in [-0.4, -0.2) is 15.9 Å². The Morgan fingerprint density at radius 2 is 1.86 bits per heavy atom. The monoisotopic (exact) mass is 281 g/mol. The first-order valence-corrected chi connectivity index (χ1v) is 6.80. The van der Waals surface area contributed by atoms with E-state index in [-0.39, 0.29) is 28.9 Å². The summed E-state index contributed by atoms with van der Waals surface area (Å²) in [7, 11) is 0. The van der Waals surface area contributed by atoms with Crippen molar-refractivity contribution in [3.8, 4) is 5.75 Å². The number of hydrogen-bond donors (Lipinski definition) is 1. The molecule has 2 aromatic heterocycles. The molecule has 0 aliphatic carbocycles. The second-order valence-electron chi connectivity index (χ2n) is 5.22. The molecule has 0 bridgehead atoms. The molecular weight excluding hydrogens is 266 g/mol. The van der Waals surface area contributed by atoms with Crippen molar-refractivity contribution < 1.29 is 14.3 Å². The second-order valence-corrected chi connectivity index (χ2v) is 5.22. The number of benzene rings is 1. The van der Waals surface area contributed by atoms with Crippen LogP contribution in [0, 0.1) is 0 Å². The number of carbonyl (C=O) groups is 1. The van der Waals surface area contributed by atoms with Crippen molar-refractivity contribution in [3.05, 3.63) is 59.5 Å². The van der Waals surface area contributed by atoms with E-state index >= 15 is 0 Å². The molecule has 0 aliphatic rings. The first kappa shape index (κ1) is 13.4. The molecule has 0 radical (unpaired) electrons. The predicted molar refractivity (Wildman–Crippen MR) is 79.6 cm³/mol. The van der Waals surface area contributed by atoms with Crippen molar-refractivity contribution in [1.29, 1.82) is 0 Å². The Hall–Kier alpha value is -2.62. The highest BCUT2D eigenvalue weighted by molar-refractivity contribution is 6.11. The Morgan fingerprint density at radius 1 is 1.14 bits per heavy atom. The standard InChI is InChI=1S/C17H15NO3/c1-10(2)13-9-8-12-15(20)16(21-17(12)18-13)14(19)11-6-4-3-5-7-11/h3-10,20H,1-2H3. The summed E-state index contributed by atoms with van der Waals surface area (Å²) in [5.74, 6) is -0.321. The van der Waals surface area contributed by atoms with Crippen molar-refractivity contribution in [1.82, 2.24) is 4.98 Å². The number of aromatic nitrogens is 1. The number of carbonyl (C=O) groups excluding carboxylic acids is 1. The average Bonchev–Trinajstić information content (AvgIpc) is 2.84. The summed E-state index contributed by atoms with van der Waals surface area (Å²) in [5.41, 5.74) is 1.61. The molecule has 4 nitrogen and oxygen atoms in total. The molecule has 0 spiro atoms. The number of furan rings is 1. The Kier molecular flexibility index (Phi) is 3.22. The maximum atomic E-state index is 12.4. The highest BCUT2D eigenvalue weighted by Gasteiger charge is 2.22. The molecule has 1 N–H and O–H groups in total. The van der Waals surface area contributed by atoms with Crippen LogP contribution in [0.4, 0.5) is 0 Å². The first-order chi connectivity index (χ1) is 10.1. The normalized spacial score (nSPS) is 11.2. The summed E-state index contributed by atoms with van der Waals surface area (Å²) >= 11 is 0. The summed E-state index contributed by atoms with van der Waals surface area (Å²) in [6.07, 6.45) is 0. The zero-order valence-corrected chi connectivity index (χ0v) is 11.8. The van der Waals surface area contributed by atoms with Crippen LogP contribution in [0.15, 0.2) is 46.9 Å². The van der Waals surface area contributed by atoms with E-state index in [0.717, 1.165) is 5.69 Å². The SMILES string of the molecule is CC(C)c1ccc2c(O)c(C(=O)c3ccccc3)oc2n1. The van der Waals surface area contributed by atoms with Crippen LogP contribution in [0.3, 0.4) is 0 Å². The fourth-order valence-corrected chi connectivity index (χ4v) is 2.18. The van der Waals surface area contributed by atoms with E-state index in [1.807, 2.05) is 26.0 Å². The lowest BCUT2D eigenvalue weighted by molar-refractivity contribution is 0.101. The summed E-state index contributed by atoms with van der Waals surface area (Å²) in [4.78, 5) is 16.7. The molecule has 0 fully saturated rings. The van der Waals surface area contributed by atoms with Gasteiger partial charge in [-0.2, -0.15) is 0 Å². The largest absolute Gasteiger partial charge is 0.504 e. The first-order valence-electron chi connectivity index (χ1n) is 6.80. The smallest absolute Gasteiger partial charge is 0.232 e. The van der Waals surface area contributed by atoms with E-state index in [1.54, 1.807) is 30.3 Å². The van der Waals surface area contributed by atoms with Gasteiger partial charge >= 0.3 is 0 Å². The van der Waals surface area contributed by atoms with Gasteiger partial charge in [0.2, 0.25) is 17.3 Å². The summed E-state index contributed by atoms with van der Waals surface area (Å²) < 4.78 is 5.50. The number of nitrogens with zero attached hydrogens (tertiary/aromatic N) is 1. The van der Waals surface area contributed by atoms with Crippen LogP contribution in [0.5, 0.6) is 5.75 Å². The minimum absolute atomic E-state index is 0.0652. The minimum Gasteiger partial charge on any atom is -0.504 e. The van der Waals surface area contributed by atoms with Gasteiger partial charge in [-0.1, -0.05) is 44.2 Å². The molecule has 4 heteroatoms. The fraction of sp³-hybridized carbons (Fsp3) is 0.176. The van der Waals surface area contributed by atoms with Gasteiger partial charge in [0, 0.05) is 11.3 Å². The van der Waals surface area contributed by atoms with Gasteiger partial charge in [0.1, 0.15) is 0 Å². The topological polar surface area (TPSA) is 63.3 Å². The van der Waals surface area contributed by atoms with Crippen molar-refractivity contribution in [2.75, 3.05) is 0 Å². The van der Waals surface area contributed by atoms with E-state index in [1.165, 1.54) is 0 Å². The number of aromatic hydroxyl groups is 1. The Labute approximate surface area is 122 Å². The second kappa shape index (κ2) is 5.05. The molecule has 0 saturated carbocycles. The molecule has 3 aromatic rings. The Bertz CT molecular complexity index is 804. The Morgan fingerprint density at radius 3 is 2.52 bits per heavy atom. The van der Waals surface area contributed by atoms with Gasteiger partial charge in [0.25, 0.3) is 0 Å². The molecule has 3 rings (SSSR count). The zero-order chi connectivity index (χ0) is 15.0. The fourth-order valence-electron chi connectivity index (χ4n) is 2.18. The number of fused-ring (bicyclic) bond motifs is 1. The van der Waals surface area contributed by atoms with Gasteiger partial charge in [-0.3, -0.25) is 4.79 Å². The van der Waals surface area contributed by atoms with Gasteiger partial charge in [-0.25, -0.2) is 4.98 Å². The van der Waals surface area contributed by atoms with Crippen LogP contribution in [0.25, 0.3) is 11.1 Å². The van der Waals surface area contributed by atoms with E-state index in [9.17, 15) is 9.90 Å². The van der Waals surface area contributed by atoms with Gasteiger partial charge in [0.05, 0.1) is 5.39 Å². The van der Waals surface area contributed by atoms with Crippen molar-refractivity contribution in [2.24, 2.45) is 0 Å². The van der Waals surface area contributed by atoms with Crippen molar-refractivity contribution in [3.63, 3.8) is 0 Å². The van der Waals surface area contributed by atoms with Crippen molar-refractivity contribution >= 4 is 16.9 Å². The number of pyridine rings is 1. The molecule has 106 valence electrons. The lowest BCUT2D eigenvalue weighted by Crippen LogP contribution is -1.99. The molecule has 0 atom stereocenters. The lowest BCUT2D eigenvalue weighted by Gasteiger charge is -2.01. The lowest BCUT2D eigenvalue weighted by atomic mass is 10.1. The van der Waals surface area contributed by atoms with E-state index in [0.29, 0.717) is 10.9 Å². The third kappa shape index (κ3) is 2.29. The quantitative estimate of drug-likeness (QED) is 0.740. The van der Waals surface area contributed by atoms with Gasteiger partial charge in [-0.15, -0.1) is 0 Å². The zero-order valence-electron chi connectivity index (χ0n) is 11.8. The van der Waals surface area contributed by atoms with Crippen molar-refractivity contribution in [2.45, 2.75) is 19.8 Å². The summed E-state index contributed by atoms with van der Waals surface area (Å²) in [5, 5.41) is 10.7. The highest BCUT2D eigenvalue weighted by Crippen LogP contribution is 2.33. The van der Waals surface area contributed by atoms with E-state index in [2.05, 4.69) is 4.98 Å². The molecule has 0 amide bonds. The van der Waals surface area contributed by atoms with Crippen LogP contribution >= 0.6 is 0 Å². The van der Waals surface area contributed by atoms with E-state index in [4.69, 9.17) is 4.42 Å². The number of ketones is 1. The molecular formula is C17H15NO3. The summed E-state index contributed by atoms with van der Waals surface area (Å²) in [6.45, 7) is 4.04. The molecule has 1 aromatic carbocycles. The summed E-state index contributed by atoms with van der Waals surface area (Å²) in [6, 6.07) is 12.3. The van der Waals surface area contributed by atoms with Crippen LogP contribution in [0.2, 0.25) is 0 Å². The minimum atomic E-state index is -0.350. The van der Waals surface area contributed by atoms with E-state index < -0.39 is 0 Å². The molecule has 21 heavy (non-hydrogen) atoms. The molecule has 0 saturated heterocycles. The van der Waals surface area contributed by atoms with Gasteiger partial charge in [0.15, 0.2) is 5.75 Å². The molecule has 2 heterocycles. The Balaban J connectivity index is 2.11. The maximum absolute atomic E-state index is 12.4. The third-order valence-corrected chi connectivity index (χ3v) is 3.38. The maximum Gasteiger partial charge on any atom is 0.232 e. The number of rotatable bonds is 3. The van der Waals surface area contributed by atoms with Crippen LogP contribution in [0.1, 0.15) is 41.6 Å². The van der Waals surface area contributed by atoms with Gasteiger partial charge in [-0.05, 0) is 18.1 Å². The van der Waals surface area contributed by atoms with Gasteiger partial charge < -0.3 is 9.52 Å². The van der Waals surface area contributed by atoms with Crippen LogP contribution < -0.4 is 0 Å². The van der Waals surface area contributed by atoms with Crippen LogP contribution in [-0.2, 0) is 0 Å². The highest BCUT2D eigenvalue weighted by atomic mass is 16.4. The molecule has 0 aliphatic heterocycles. The third-order valence-electron chi connectivity index (χ3n) is 3.38.